The van der Waals surface area contributed by atoms with Gasteiger partial charge >= 0.3 is 6.03 Å². The summed E-state index contributed by atoms with van der Waals surface area (Å²) in [5.41, 5.74) is 4.30. The first-order valence-corrected chi connectivity index (χ1v) is 8.76. The number of benzene rings is 2. The van der Waals surface area contributed by atoms with E-state index in [9.17, 15) is 0 Å². The Morgan fingerprint density at radius 3 is 1.65 bits per heavy atom. The van der Waals surface area contributed by atoms with Crippen LogP contribution in [0.25, 0.3) is 0 Å². The highest BCUT2D eigenvalue weighted by Gasteiger charge is 2.72. The minimum absolute atomic E-state index is 0.811. The highest BCUT2D eigenvalue weighted by Crippen LogP contribution is 2.51. The summed E-state index contributed by atoms with van der Waals surface area (Å²) in [4.78, 5) is 4.18. The van der Waals surface area contributed by atoms with E-state index < -0.39 is 6.03 Å². The molecule has 0 bridgehead atoms. The van der Waals surface area contributed by atoms with Crippen LogP contribution in [0.3, 0.4) is 0 Å². The smallest absolute Gasteiger partial charge is 0.377 e. The lowest BCUT2D eigenvalue weighted by atomic mass is 10.2. The Morgan fingerprint density at radius 2 is 1.23 bits per heavy atom. The number of anilines is 2. The topological polar surface area (TPSA) is 31.0 Å². The molecule has 2 aromatic carbocycles. The minimum Gasteiger partial charge on any atom is -0.377 e. The van der Waals surface area contributed by atoms with Gasteiger partial charge in [-0.2, -0.15) is 0 Å². The number of nitrogens with zero attached hydrogens (tertiary/aromatic N) is 4. The van der Waals surface area contributed by atoms with Gasteiger partial charge in [-0.3, -0.25) is 0 Å². The van der Waals surface area contributed by atoms with E-state index in [0.29, 0.717) is 0 Å². The Labute approximate surface area is 152 Å². The van der Waals surface area contributed by atoms with Crippen LogP contribution in [0, 0.1) is 0 Å². The molecule has 0 fully saturated rings. The minimum atomic E-state index is -1.00. The largest absolute Gasteiger partial charge is 0.714 e. The highest BCUT2D eigenvalue weighted by atomic mass is 16.8. The van der Waals surface area contributed by atoms with Crippen LogP contribution in [-0.2, 0) is 0 Å². The van der Waals surface area contributed by atoms with E-state index in [1.165, 1.54) is 0 Å². The number of fused-ring (bicyclic) bond motifs is 4. The SMILES string of the molecule is CN(C)c1ccc2c(c1)[N+]1=CCC=[N+]3c4cc(N(C)C)ccc4OC13O2. The molecule has 0 saturated carbocycles. The average molecular weight is 350 g/mol. The monoisotopic (exact) mass is 350 g/mol. The van der Waals surface area contributed by atoms with Gasteiger partial charge < -0.3 is 19.3 Å². The zero-order chi connectivity index (χ0) is 18.1. The van der Waals surface area contributed by atoms with Crippen molar-refractivity contribution in [1.29, 1.82) is 0 Å². The van der Waals surface area contributed by atoms with E-state index >= 15 is 0 Å². The molecule has 0 amide bonds. The van der Waals surface area contributed by atoms with Gasteiger partial charge in [0, 0.05) is 51.7 Å². The Kier molecular flexibility index (Phi) is 2.93. The van der Waals surface area contributed by atoms with Crippen LogP contribution in [0.4, 0.5) is 22.7 Å². The first-order chi connectivity index (χ1) is 12.5. The van der Waals surface area contributed by atoms with Crippen molar-refractivity contribution in [2.75, 3.05) is 38.0 Å². The third-order valence-electron chi connectivity index (χ3n) is 5.11. The maximum absolute atomic E-state index is 6.38. The summed E-state index contributed by atoms with van der Waals surface area (Å²) in [6.45, 7) is 0. The van der Waals surface area contributed by atoms with E-state index in [2.05, 4.69) is 55.6 Å². The number of ether oxygens (including phenoxy) is 2. The summed E-state index contributed by atoms with van der Waals surface area (Å²) in [7, 11) is 8.16. The number of rotatable bonds is 2. The van der Waals surface area contributed by atoms with Gasteiger partial charge in [-0.05, 0) is 24.3 Å². The van der Waals surface area contributed by atoms with Crippen molar-refractivity contribution in [2.24, 2.45) is 0 Å². The molecule has 3 aliphatic rings. The molecule has 3 heterocycles. The van der Waals surface area contributed by atoms with E-state index in [4.69, 9.17) is 9.47 Å². The molecule has 3 aliphatic heterocycles. The second kappa shape index (κ2) is 5.00. The first-order valence-electron chi connectivity index (χ1n) is 8.76. The van der Waals surface area contributed by atoms with Crippen LogP contribution in [-0.4, -0.2) is 55.8 Å². The van der Waals surface area contributed by atoms with Crippen molar-refractivity contribution in [2.45, 2.75) is 12.5 Å². The molecule has 1 spiro atoms. The van der Waals surface area contributed by atoms with Crippen molar-refractivity contribution in [1.82, 2.24) is 0 Å². The predicted octanol–water partition coefficient (Wildman–Crippen LogP) is 2.75. The summed E-state index contributed by atoms with van der Waals surface area (Å²) in [5.74, 6) is 1.65. The molecule has 132 valence electrons. The third-order valence-corrected chi connectivity index (χ3v) is 5.11. The summed E-state index contributed by atoms with van der Waals surface area (Å²) in [6, 6.07) is 11.4. The maximum Gasteiger partial charge on any atom is 0.714 e. The molecular formula is C20H22N4O2+2. The Morgan fingerprint density at radius 1 is 0.769 bits per heavy atom. The predicted molar refractivity (Wildman–Crippen MR) is 102 cm³/mol. The molecule has 0 atom stereocenters. The van der Waals surface area contributed by atoms with Gasteiger partial charge in [-0.25, -0.2) is 0 Å². The van der Waals surface area contributed by atoms with Crippen molar-refractivity contribution >= 4 is 35.2 Å². The van der Waals surface area contributed by atoms with Gasteiger partial charge in [0.05, 0.1) is 0 Å². The Balaban J connectivity index is 1.64. The van der Waals surface area contributed by atoms with Crippen LogP contribution >= 0.6 is 0 Å². The van der Waals surface area contributed by atoms with E-state index in [1.807, 2.05) is 40.3 Å². The highest BCUT2D eigenvalue weighted by molar-refractivity contribution is 5.79. The summed E-state index contributed by atoms with van der Waals surface area (Å²) in [6.07, 6.45) is 5.06. The Bertz CT molecular complexity index is 912. The molecular weight excluding hydrogens is 328 g/mol. The molecule has 2 aromatic rings. The average Bonchev–Trinajstić information content (AvgIpc) is 3.12. The summed E-state index contributed by atoms with van der Waals surface area (Å²) in [5, 5.41) is 0. The van der Waals surface area contributed by atoms with Crippen LogP contribution < -0.4 is 19.3 Å². The lowest BCUT2D eigenvalue weighted by molar-refractivity contribution is -0.834. The standard InChI is InChI=1S/C20H22N4O2/c1-21(2)14-6-8-18-16(12-14)23-10-5-11-24-17-13-15(22(3)4)7-9-19(17)26-20(23,24)25-18/h6-13H,5H2,1-4H3/q+2. The summed E-state index contributed by atoms with van der Waals surface area (Å²) < 4.78 is 17.0. The zero-order valence-corrected chi connectivity index (χ0v) is 15.4. The van der Waals surface area contributed by atoms with Gasteiger partial charge in [0.1, 0.15) is 6.42 Å². The second-order valence-electron chi connectivity index (χ2n) is 7.19. The molecule has 0 aliphatic carbocycles. The molecule has 0 saturated heterocycles. The van der Waals surface area contributed by atoms with Crippen LogP contribution in [0.1, 0.15) is 6.42 Å². The van der Waals surface area contributed by atoms with E-state index in [-0.39, 0.29) is 0 Å². The molecule has 0 unspecified atom stereocenters. The molecule has 0 N–H and O–H groups in total. The molecule has 6 heteroatoms. The fourth-order valence-electron chi connectivity index (χ4n) is 3.73. The maximum atomic E-state index is 6.38. The molecule has 0 aromatic heterocycles. The third kappa shape index (κ3) is 1.87. The van der Waals surface area contributed by atoms with Crippen molar-refractivity contribution in [3.05, 3.63) is 36.4 Å². The van der Waals surface area contributed by atoms with E-state index in [0.717, 1.165) is 40.7 Å². The van der Waals surface area contributed by atoms with Crippen LogP contribution in [0.2, 0.25) is 0 Å². The fourth-order valence-corrected chi connectivity index (χ4v) is 3.73. The lowest BCUT2D eigenvalue weighted by Crippen LogP contribution is -2.54. The number of hydrogen-bond acceptors (Lipinski definition) is 4. The van der Waals surface area contributed by atoms with Crippen LogP contribution in [0.15, 0.2) is 36.4 Å². The van der Waals surface area contributed by atoms with Gasteiger partial charge in [0.2, 0.25) is 11.5 Å². The molecule has 5 rings (SSSR count). The second-order valence-corrected chi connectivity index (χ2v) is 7.19. The summed E-state index contributed by atoms with van der Waals surface area (Å²) >= 11 is 0. The van der Waals surface area contributed by atoms with Gasteiger partial charge in [-0.15, -0.1) is 0 Å². The van der Waals surface area contributed by atoms with E-state index in [1.54, 1.807) is 0 Å². The van der Waals surface area contributed by atoms with Gasteiger partial charge in [-0.1, -0.05) is 9.15 Å². The molecule has 0 radical (unpaired) electrons. The van der Waals surface area contributed by atoms with Crippen molar-refractivity contribution < 1.29 is 18.6 Å². The molecule has 26 heavy (non-hydrogen) atoms. The normalized spacial score (nSPS) is 17.7. The van der Waals surface area contributed by atoms with Crippen LogP contribution in [0.5, 0.6) is 11.5 Å². The molecule has 6 nitrogen and oxygen atoms in total. The number of hydrogen-bond donors (Lipinski definition) is 0. The Hall–Kier alpha value is -3.02. The fraction of sp³-hybridized carbons (Fsp3) is 0.300. The first kappa shape index (κ1) is 15.3. The van der Waals surface area contributed by atoms with Crippen molar-refractivity contribution in [3.8, 4) is 11.5 Å². The van der Waals surface area contributed by atoms with Crippen molar-refractivity contribution in [3.63, 3.8) is 0 Å². The lowest BCUT2D eigenvalue weighted by Gasteiger charge is -2.14. The van der Waals surface area contributed by atoms with Gasteiger partial charge in [0.15, 0.2) is 12.4 Å². The van der Waals surface area contributed by atoms with Gasteiger partial charge in [0.25, 0.3) is 11.4 Å². The quantitative estimate of drug-likeness (QED) is 0.780. The zero-order valence-electron chi connectivity index (χ0n) is 15.4.